The first-order valence-corrected chi connectivity index (χ1v) is 12.7. The first-order chi connectivity index (χ1) is 15.8. The molecular weight excluding hydrogens is 480 g/mol. The van der Waals surface area contributed by atoms with Gasteiger partial charge in [-0.25, -0.2) is 0 Å². The summed E-state index contributed by atoms with van der Waals surface area (Å²) in [6.07, 6.45) is 5.53. The highest BCUT2D eigenvalue weighted by atomic mass is 79.9. The van der Waals surface area contributed by atoms with E-state index in [0.29, 0.717) is 12.3 Å². The Labute approximate surface area is 206 Å². The molecule has 5 nitrogen and oxygen atoms in total. The van der Waals surface area contributed by atoms with Gasteiger partial charge in [0.1, 0.15) is 11.8 Å². The zero-order valence-corrected chi connectivity index (χ0v) is 21.4. The molecule has 0 aliphatic heterocycles. The van der Waals surface area contributed by atoms with Crippen LogP contribution in [0.5, 0.6) is 5.75 Å². The van der Waals surface area contributed by atoms with Gasteiger partial charge in [-0.2, -0.15) is 0 Å². The monoisotopic (exact) mass is 514 g/mol. The standard InChI is InChI=1S/C27H35BrN2O3/c1-19(2)24-11-7-8-12-25(24)33-18-26(31)30(17-21-13-15-22(28)16-14-21)20(3)27(32)29-23-9-5-4-6-10-23/h7-8,11-16,19-20,23H,4-6,9-10,17-18H2,1-3H3,(H,29,32). The summed E-state index contributed by atoms with van der Waals surface area (Å²) in [5.41, 5.74) is 2.03. The Morgan fingerprint density at radius 2 is 1.70 bits per heavy atom. The van der Waals surface area contributed by atoms with Crippen LogP contribution in [0.1, 0.15) is 69.9 Å². The molecule has 1 N–H and O–H groups in total. The topological polar surface area (TPSA) is 58.6 Å². The highest BCUT2D eigenvalue weighted by molar-refractivity contribution is 9.10. The molecule has 2 amide bonds. The Balaban J connectivity index is 1.73. The molecule has 6 heteroatoms. The lowest BCUT2D eigenvalue weighted by Crippen LogP contribution is -2.51. The number of para-hydroxylation sites is 1. The molecule has 1 unspecified atom stereocenters. The first-order valence-electron chi connectivity index (χ1n) is 11.9. The molecule has 1 aliphatic carbocycles. The Hall–Kier alpha value is -2.34. The van der Waals surface area contributed by atoms with E-state index in [-0.39, 0.29) is 30.4 Å². The fourth-order valence-electron chi connectivity index (χ4n) is 4.25. The third kappa shape index (κ3) is 7.32. The van der Waals surface area contributed by atoms with Crippen LogP contribution in [0.3, 0.4) is 0 Å². The molecule has 1 saturated carbocycles. The highest BCUT2D eigenvalue weighted by Gasteiger charge is 2.28. The number of carbonyl (C=O) groups is 2. The van der Waals surface area contributed by atoms with Crippen molar-refractivity contribution in [1.29, 1.82) is 0 Å². The molecule has 0 bridgehead atoms. The van der Waals surface area contributed by atoms with Gasteiger partial charge in [-0.3, -0.25) is 9.59 Å². The number of halogens is 1. The predicted octanol–water partition coefficient (Wildman–Crippen LogP) is 5.82. The lowest BCUT2D eigenvalue weighted by molar-refractivity contribution is -0.142. The van der Waals surface area contributed by atoms with E-state index in [1.54, 1.807) is 11.8 Å². The minimum absolute atomic E-state index is 0.102. The van der Waals surface area contributed by atoms with Gasteiger partial charge in [-0.05, 0) is 55.0 Å². The number of nitrogens with zero attached hydrogens (tertiary/aromatic N) is 1. The SMILES string of the molecule is CC(C)c1ccccc1OCC(=O)N(Cc1ccc(Br)cc1)C(C)C(=O)NC1CCCCC1. The van der Waals surface area contributed by atoms with E-state index in [2.05, 4.69) is 35.1 Å². The van der Waals surface area contributed by atoms with E-state index in [4.69, 9.17) is 4.74 Å². The number of carbonyl (C=O) groups excluding carboxylic acids is 2. The molecule has 1 fully saturated rings. The van der Waals surface area contributed by atoms with Gasteiger partial charge in [0.15, 0.2) is 6.61 Å². The molecule has 0 radical (unpaired) electrons. The van der Waals surface area contributed by atoms with Crippen LogP contribution in [0, 0.1) is 0 Å². The van der Waals surface area contributed by atoms with Crippen molar-refractivity contribution in [2.24, 2.45) is 0 Å². The van der Waals surface area contributed by atoms with Crippen LogP contribution in [0.2, 0.25) is 0 Å². The molecular formula is C27H35BrN2O3. The molecule has 178 valence electrons. The van der Waals surface area contributed by atoms with Crippen molar-refractivity contribution < 1.29 is 14.3 Å². The summed E-state index contributed by atoms with van der Waals surface area (Å²) in [6.45, 7) is 6.24. The zero-order valence-electron chi connectivity index (χ0n) is 19.9. The van der Waals surface area contributed by atoms with Crippen LogP contribution in [0.25, 0.3) is 0 Å². The molecule has 0 spiro atoms. The number of rotatable bonds is 9. The summed E-state index contributed by atoms with van der Waals surface area (Å²) >= 11 is 3.45. The number of benzene rings is 2. The second kappa shape index (κ2) is 12.2. The summed E-state index contributed by atoms with van der Waals surface area (Å²) in [4.78, 5) is 28.0. The molecule has 0 saturated heterocycles. The number of amides is 2. The second-order valence-corrected chi connectivity index (χ2v) is 10.1. The summed E-state index contributed by atoms with van der Waals surface area (Å²) in [6, 6.07) is 15.2. The van der Waals surface area contributed by atoms with Gasteiger partial charge in [0, 0.05) is 17.1 Å². The van der Waals surface area contributed by atoms with Crippen molar-refractivity contribution >= 4 is 27.7 Å². The fourth-order valence-corrected chi connectivity index (χ4v) is 4.51. The maximum Gasteiger partial charge on any atom is 0.261 e. The summed E-state index contributed by atoms with van der Waals surface area (Å²) in [7, 11) is 0. The molecule has 1 aliphatic rings. The number of ether oxygens (including phenoxy) is 1. The lowest BCUT2D eigenvalue weighted by Gasteiger charge is -2.31. The molecule has 3 rings (SSSR count). The van der Waals surface area contributed by atoms with Crippen molar-refractivity contribution in [1.82, 2.24) is 10.2 Å². The van der Waals surface area contributed by atoms with Gasteiger partial charge < -0.3 is 15.0 Å². The minimum atomic E-state index is -0.591. The van der Waals surface area contributed by atoms with Crippen molar-refractivity contribution in [3.8, 4) is 5.75 Å². The molecule has 0 heterocycles. The van der Waals surface area contributed by atoms with Gasteiger partial charge in [-0.15, -0.1) is 0 Å². The average Bonchev–Trinajstić information content (AvgIpc) is 2.82. The largest absolute Gasteiger partial charge is 0.483 e. The first kappa shape index (κ1) is 25.3. The third-order valence-electron chi connectivity index (χ3n) is 6.28. The van der Waals surface area contributed by atoms with Crippen molar-refractivity contribution in [3.63, 3.8) is 0 Å². The average molecular weight is 515 g/mol. The van der Waals surface area contributed by atoms with Crippen LogP contribution in [0.15, 0.2) is 53.0 Å². The number of hydrogen-bond acceptors (Lipinski definition) is 3. The molecule has 0 aromatic heterocycles. The number of hydrogen-bond donors (Lipinski definition) is 1. The fraction of sp³-hybridized carbons (Fsp3) is 0.481. The third-order valence-corrected chi connectivity index (χ3v) is 6.81. The highest BCUT2D eigenvalue weighted by Crippen LogP contribution is 2.26. The molecule has 1 atom stereocenters. The zero-order chi connectivity index (χ0) is 23.8. The number of nitrogens with one attached hydrogen (secondary N) is 1. The maximum absolute atomic E-state index is 13.3. The minimum Gasteiger partial charge on any atom is -0.483 e. The van der Waals surface area contributed by atoms with Gasteiger partial charge in [-0.1, -0.05) is 79.4 Å². The summed E-state index contributed by atoms with van der Waals surface area (Å²) < 4.78 is 6.92. The molecule has 33 heavy (non-hydrogen) atoms. The van der Waals surface area contributed by atoms with E-state index < -0.39 is 6.04 Å². The van der Waals surface area contributed by atoms with E-state index in [0.717, 1.165) is 41.3 Å². The summed E-state index contributed by atoms with van der Waals surface area (Å²) in [5.74, 6) is 0.692. The van der Waals surface area contributed by atoms with Crippen molar-refractivity contribution in [2.75, 3.05) is 6.61 Å². The Morgan fingerprint density at radius 3 is 2.36 bits per heavy atom. The van der Waals surface area contributed by atoms with Crippen molar-refractivity contribution in [3.05, 3.63) is 64.1 Å². The van der Waals surface area contributed by atoms with Crippen LogP contribution < -0.4 is 10.1 Å². The molecule has 2 aromatic rings. The normalized spacial score (nSPS) is 15.2. The smallest absolute Gasteiger partial charge is 0.261 e. The Morgan fingerprint density at radius 1 is 1.03 bits per heavy atom. The van der Waals surface area contributed by atoms with Crippen molar-refractivity contribution in [2.45, 2.75) is 77.4 Å². The van der Waals surface area contributed by atoms with E-state index >= 15 is 0 Å². The maximum atomic E-state index is 13.3. The van der Waals surface area contributed by atoms with Crippen LogP contribution in [-0.4, -0.2) is 35.4 Å². The lowest BCUT2D eigenvalue weighted by atomic mass is 9.95. The summed E-state index contributed by atoms with van der Waals surface area (Å²) in [5, 5.41) is 3.17. The van der Waals surface area contributed by atoms with Gasteiger partial charge >= 0.3 is 0 Å². The predicted molar refractivity (Wildman–Crippen MR) is 135 cm³/mol. The Bertz CT molecular complexity index is 923. The van der Waals surface area contributed by atoms with E-state index in [9.17, 15) is 9.59 Å². The second-order valence-electron chi connectivity index (χ2n) is 9.15. The van der Waals surface area contributed by atoms with Gasteiger partial charge in [0.25, 0.3) is 5.91 Å². The van der Waals surface area contributed by atoms with Crippen LogP contribution in [0.4, 0.5) is 0 Å². The quantitative estimate of drug-likeness (QED) is 0.458. The van der Waals surface area contributed by atoms with E-state index in [1.165, 1.54) is 6.42 Å². The van der Waals surface area contributed by atoms with Crippen LogP contribution in [-0.2, 0) is 16.1 Å². The van der Waals surface area contributed by atoms with Gasteiger partial charge in [0.2, 0.25) is 5.91 Å². The molecule has 2 aromatic carbocycles. The van der Waals surface area contributed by atoms with Crippen LogP contribution >= 0.6 is 15.9 Å². The Kier molecular flexibility index (Phi) is 9.36. The van der Waals surface area contributed by atoms with E-state index in [1.807, 2.05) is 48.5 Å². The van der Waals surface area contributed by atoms with Gasteiger partial charge in [0.05, 0.1) is 0 Å².